The first kappa shape index (κ1) is 9.83. The quantitative estimate of drug-likeness (QED) is 0.748. The minimum Gasteiger partial charge on any atom is -0.385 e. The maximum atomic E-state index is 12.7. The van der Waals surface area contributed by atoms with Crippen molar-refractivity contribution in [2.75, 3.05) is 0 Å². The van der Waals surface area contributed by atoms with Crippen LogP contribution in [0.4, 0.5) is 4.39 Å². The summed E-state index contributed by atoms with van der Waals surface area (Å²) in [6.07, 6.45) is 0.751. The zero-order valence-corrected chi connectivity index (χ0v) is 8.44. The minimum atomic E-state index is -0.244. The third kappa shape index (κ3) is 2.03. The Morgan fingerprint density at radius 3 is 2.53 bits per heavy atom. The summed E-state index contributed by atoms with van der Waals surface area (Å²) in [5.41, 5.74) is 7.39. The summed E-state index contributed by atoms with van der Waals surface area (Å²) in [7, 11) is 0. The van der Waals surface area contributed by atoms with Crippen LogP contribution in [0, 0.1) is 11.7 Å². The molecule has 3 nitrogen and oxygen atoms in total. The third-order valence-corrected chi connectivity index (χ3v) is 2.47. The average molecular weight is 205 g/mol. The predicted molar refractivity (Wildman–Crippen MR) is 58.3 cm³/mol. The van der Waals surface area contributed by atoms with Gasteiger partial charge in [0.15, 0.2) is 0 Å². The Balaban J connectivity index is 2.29. The molecule has 0 radical (unpaired) electrons. The normalized spacial score (nSPS) is 20.8. The Bertz CT molecular complexity index is 420. The van der Waals surface area contributed by atoms with Crippen molar-refractivity contribution in [1.82, 2.24) is 0 Å². The molecule has 0 aliphatic carbocycles. The lowest BCUT2D eigenvalue weighted by Gasteiger charge is -2.15. The molecule has 2 N–H and O–H groups in total. The highest BCUT2D eigenvalue weighted by Gasteiger charge is 2.16. The van der Waals surface area contributed by atoms with Gasteiger partial charge in [-0.05, 0) is 17.7 Å². The van der Waals surface area contributed by atoms with E-state index in [0.29, 0.717) is 5.84 Å². The van der Waals surface area contributed by atoms with Gasteiger partial charge in [-0.25, -0.2) is 4.39 Å². The Morgan fingerprint density at radius 1 is 1.27 bits per heavy atom. The zero-order valence-electron chi connectivity index (χ0n) is 8.44. The van der Waals surface area contributed by atoms with Gasteiger partial charge < -0.3 is 5.73 Å². The van der Waals surface area contributed by atoms with E-state index in [1.54, 1.807) is 12.1 Å². The molecule has 1 aromatic rings. The third-order valence-electron chi connectivity index (χ3n) is 2.47. The fourth-order valence-corrected chi connectivity index (χ4v) is 1.47. The van der Waals surface area contributed by atoms with E-state index >= 15 is 0 Å². The fraction of sp³-hybridized carbons (Fsp3) is 0.273. The van der Waals surface area contributed by atoms with Gasteiger partial charge in [0.2, 0.25) is 0 Å². The molecule has 1 atom stereocenters. The van der Waals surface area contributed by atoms with Gasteiger partial charge in [-0.3, -0.25) is 0 Å². The Kier molecular flexibility index (Phi) is 2.49. The first-order valence-electron chi connectivity index (χ1n) is 4.82. The number of nitrogens with zero attached hydrogens (tertiary/aromatic N) is 2. The SMILES string of the molecule is CC1CC(c2ccc(F)cc2)=NN=C1N. The molecule has 0 fully saturated rings. The summed E-state index contributed by atoms with van der Waals surface area (Å²) in [6, 6.07) is 6.25. The van der Waals surface area contributed by atoms with Crippen molar-refractivity contribution < 1.29 is 4.39 Å². The summed E-state index contributed by atoms with van der Waals surface area (Å²) >= 11 is 0. The number of hydrogen-bond donors (Lipinski definition) is 1. The first-order chi connectivity index (χ1) is 7.16. The van der Waals surface area contributed by atoms with Crippen molar-refractivity contribution in [2.45, 2.75) is 13.3 Å². The van der Waals surface area contributed by atoms with E-state index in [1.807, 2.05) is 6.92 Å². The lowest BCUT2D eigenvalue weighted by atomic mass is 9.97. The largest absolute Gasteiger partial charge is 0.385 e. The summed E-state index contributed by atoms with van der Waals surface area (Å²) in [5, 5.41) is 7.90. The van der Waals surface area contributed by atoms with Gasteiger partial charge in [-0.15, -0.1) is 5.10 Å². The van der Waals surface area contributed by atoms with Crippen LogP contribution in [0.1, 0.15) is 18.9 Å². The van der Waals surface area contributed by atoms with E-state index in [0.717, 1.165) is 17.7 Å². The lowest BCUT2D eigenvalue weighted by Crippen LogP contribution is -2.26. The first-order valence-corrected chi connectivity index (χ1v) is 4.82. The molecule has 0 spiro atoms. The smallest absolute Gasteiger partial charge is 0.125 e. The van der Waals surface area contributed by atoms with Crippen molar-refractivity contribution in [3.63, 3.8) is 0 Å². The van der Waals surface area contributed by atoms with Crippen molar-refractivity contribution >= 4 is 11.5 Å². The summed E-state index contributed by atoms with van der Waals surface area (Å²) in [6.45, 7) is 2.00. The molecular formula is C11H12FN3. The fourth-order valence-electron chi connectivity index (χ4n) is 1.47. The molecule has 4 heteroatoms. The van der Waals surface area contributed by atoms with E-state index < -0.39 is 0 Å². The van der Waals surface area contributed by atoms with Crippen LogP contribution in [0.3, 0.4) is 0 Å². The van der Waals surface area contributed by atoms with Gasteiger partial charge >= 0.3 is 0 Å². The second-order valence-corrected chi connectivity index (χ2v) is 3.68. The van der Waals surface area contributed by atoms with Crippen molar-refractivity contribution in [3.8, 4) is 0 Å². The minimum absolute atomic E-state index is 0.197. The molecule has 1 aliphatic rings. The zero-order chi connectivity index (χ0) is 10.8. The standard InChI is InChI=1S/C11H12FN3/c1-7-6-10(14-15-11(7)13)8-2-4-9(12)5-3-8/h2-5,7H,6H2,1H3,(H2,13,15). The van der Waals surface area contributed by atoms with E-state index in [-0.39, 0.29) is 11.7 Å². The Labute approximate surface area is 87.5 Å². The molecular weight excluding hydrogens is 193 g/mol. The van der Waals surface area contributed by atoms with Crippen molar-refractivity contribution in [1.29, 1.82) is 0 Å². The Hall–Kier alpha value is -1.71. The molecule has 1 heterocycles. The monoisotopic (exact) mass is 205 g/mol. The number of rotatable bonds is 1. The van der Waals surface area contributed by atoms with E-state index in [2.05, 4.69) is 10.2 Å². The molecule has 78 valence electrons. The van der Waals surface area contributed by atoms with Gasteiger partial charge in [0.05, 0.1) is 5.71 Å². The maximum absolute atomic E-state index is 12.7. The van der Waals surface area contributed by atoms with Crippen LogP contribution in [-0.2, 0) is 0 Å². The summed E-state index contributed by atoms with van der Waals surface area (Å²) < 4.78 is 12.7. The number of amidine groups is 1. The number of hydrogen-bond acceptors (Lipinski definition) is 3. The number of benzene rings is 1. The topological polar surface area (TPSA) is 50.7 Å². The molecule has 1 aromatic carbocycles. The average Bonchev–Trinajstić information content (AvgIpc) is 2.23. The van der Waals surface area contributed by atoms with Crippen LogP contribution in [0.5, 0.6) is 0 Å². The van der Waals surface area contributed by atoms with Crippen molar-refractivity contribution in [2.24, 2.45) is 21.9 Å². The predicted octanol–water partition coefficient (Wildman–Crippen LogP) is 1.93. The lowest BCUT2D eigenvalue weighted by molar-refractivity contribution is 0.627. The molecule has 0 bridgehead atoms. The highest BCUT2D eigenvalue weighted by Crippen LogP contribution is 2.16. The molecule has 0 amide bonds. The summed E-state index contributed by atoms with van der Waals surface area (Å²) in [5.74, 6) is 0.509. The molecule has 0 aromatic heterocycles. The van der Waals surface area contributed by atoms with Crippen LogP contribution < -0.4 is 5.73 Å². The van der Waals surface area contributed by atoms with Crippen LogP contribution in [0.25, 0.3) is 0 Å². The van der Waals surface area contributed by atoms with E-state index in [1.165, 1.54) is 12.1 Å². The number of halogens is 1. The van der Waals surface area contributed by atoms with Crippen LogP contribution in [0.15, 0.2) is 34.5 Å². The van der Waals surface area contributed by atoms with Crippen LogP contribution in [0.2, 0.25) is 0 Å². The van der Waals surface area contributed by atoms with Crippen LogP contribution >= 0.6 is 0 Å². The number of nitrogens with two attached hydrogens (primary N) is 1. The van der Waals surface area contributed by atoms with Crippen LogP contribution in [-0.4, -0.2) is 11.5 Å². The Morgan fingerprint density at radius 2 is 1.93 bits per heavy atom. The molecule has 2 rings (SSSR count). The highest BCUT2D eigenvalue weighted by molar-refractivity contribution is 6.04. The second-order valence-electron chi connectivity index (χ2n) is 3.68. The maximum Gasteiger partial charge on any atom is 0.125 e. The highest BCUT2D eigenvalue weighted by atomic mass is 19.1. The molecule has 0 saturated carbocycles. The second kappa shape index (κ2) is 3.81. The molecule has 0 saturated heterocycles. The van der Waals surface area contributed by atoms with Crippen molar-refractivity contribution in [3.05, 3.63) is 35.6 Å². The summed E-state index contributed by atoms with van der Waals surface area (Å²) in [4.78, 5) is 0. The molecule has 1 aliphatic heterocycles. The van der Waals surface area contributed by atoms with Gasteiger partial charge in [0.25, 0.3) is 0 Å². The van der Waals surface area contributed by atoms with Gasteiger partial charge in [-0.2, -0.15) is 5.10 Å². The van der Waals surface area contributed by atoms with Gasteiger partial charge in [0, 0.05) is 12.3 Å². The van der Waals surface area contributed by atoms with E-state index in [9.17, 15) is 4.39 Å². The molecule has 15 heavy (non-hydrogen) atoms. The molecule has 1 unspecified atom stereocenters. The van der Waals surface area contributed by atoms with Gasteiger partial charge in [0.1, 0.15) is 11.7 Å². The van der Waals surface area contributed by atoms with Gasteiger partial charge in [-0.1, -0.05) is 19.1 Å². The van der Waals surface area contributed by atoms with E-state index in [4.69, 9.17) is 5.73 Å².